The number of hydrogen-bond donors (Lipinski definition) is 0. The number of imidazole rings is 1. The molecule has 0 amide bonds. The number of hydrogen-bond acceptors (Lipinski definition) is 5. The summed E-state index contributed by atoms with van der Waals surface area (Å²) >= 11 is 0. The summed E-state index contributed by atoms with van der Waals surface area (Å²) in [7, 11) is 1.48. The first-order valence-electron chi connectivity index (χ1n) is 5.72. The summed E-state index contributed by atoms with van der Waals surface area (Å²) in [6.07, 6.45) is 1.31. The number of ether oxygens (including phenoxy) is 1. The van der Waals surface area contributed by atoms with Crippen molar-refractivity contribution in [3.8, 4) is 17.9 Å². The third kappa shape index (κ3) is 2.36. The van der Waals surface area contributed by atoms with Gasteiger partial charge in [0.2, 0.25) is 0 Å². The number of carbonyl (C=O) groups excluding carboxylic acids is 1. The lowest BCUT2D eigenvalue weighted by Crippen LogP contribution is -2.12. The molecule has 1 aromatic heterocycles. The summed E-state index contributed by atoms with van der Waals surface area (Å²) in [6.45, 7) is -0.0715. The molecular weight excluding hydrogens is 256 g/mol. The molecule has 0 bridgehead atoms. The summed E-state index contributed by atoms with van der Waals surface area (Å²) in [5.41, 5.74) is 0.516. The van der Waals surface area contributed by atoms with Crippen LogP contribution in [0.1, 0.15) is 21.7 Å². The molecule has 2 rings (SSSR count). The maximum Gasteiger partial charge on any atom is 0.186 e. The molecule has 0 unspecified atom stereocenters. The monoisotopic (exact) mass is 266 g/mol. The fraction of sp³-hybridized carbons (Fsp3) is 0.143. The van der Waals surface area contributed by atoms with Crippen LogP contribution in [0.25, 0.3) is 0 Å². The molecule has 0 aliphatic carbocycles. The van der Waals surface area contributed by atoms with E-state index in [1.165, 1.54) is 18.0 Å². The van der Waals surface area contributed by atoms with Gasteiger partial charge in [-0.3, -0.25) is 4.79 Å². The first kappa shape index (κ1) is 13.3. The molecular formula is C14H10N4O2. The van der Waals surface area contributed by atoms with Crippen molar-refractivity contribution >= 4 is 5.78 Å². The van der Waals surface area contributed by atoms with Crippen LogP contribution < -0.4 is 4.74 Å². The highest BCUT2D eigenvalue weighted by Crippen LogP contribution is 2.19. The molecule has 2 aromatic rings. The highest BCUT2D eigenvalue weighted by Gasteiger charge is 2.16. The third-order valence-electron chi connectivity index (χ3n) is 2.77. The predicted octanol–water partition coefficient (Wildman–Crippen LogP) is 1.52. The van der Waals surface area contributed by atoms with E-state index in [0.717, 1.165) is 0 Å². The summed E-state index contributed by atoms with van der Waals surface area (Å²) in [6, 6.07) is 10.5. The highest BCUT2D eigenvalue weighted by molar-refractivity contribution is 5.98. The number of rotatable bonds is 4. The van der Waals surface area contributed by atoms with Gasteiger partial charge in [-0.05, 0) is 12.1 Å². The summed E-state index contributed by atoms with van der Waals surface area (Å²) in [4.78, 5) is 16.0. The maximum absolute atomic E-state index is 12.2. The molecule has 0 saturated carbocycles. The topological polar surface area (TPSA) is 91.7 Å². The SMILES string of the molecule is COc1ccccc1C(=O)Cn1cnc(C#N)c1C#N. The van der Waals surface area contributed by atoms with Gasteiger partial charge in [-0.25, -0.2) is 4.98 Å². The second-order valence-electron chi connectivity index (χ2n) is 3.92. The molecule has 0 fully saturated rings. The smallest absolute Gasteiger partial charge is 0.186 e. The zero-order valence-corrected chi connectivity index (χ0v) is 10.7. The maximum atomic E-state index is 12.2. The van der Waals surface area contributed by atoms with E-state index in [1.54, 1.807) is 24.3 Å². The molecule has 0 radical (unpaired) electrons. The first-order valence-corrected chi connectivity index (χ1v) is 5.72. The summed E-state index contributed by atoms with van der Waals surface area (Å²) < 4.78 is 6.48. The second kappa shape index (κ2) is 5.68. The van der Waals surface area contributed by atoms with Gasteiger partial charge in [0.05, 0.1) is 25.5 Å². The van der Waals surface area contributed by atoms with Crippen molar-refractivity contribution < 1.29 is 9.53 Å². The number of carbonyl (C=O) groups is 1. The number of ketones is 1. The highest BCUT2D eigenvalue weighted by atomic mass is 16.5. The van der Waals surface area contributed by atoms with E-state index in [2.05, 4.69) is 4.98 Å². The molecule has 0 spiro atoms. The van der Waals surface area contributed by atoms with Crippen LogP contribution in [0.15, 0.2) is 30.6 Å². The number of aromatic nitrogens is 2. The van der Waals surface area contributed by atoms with Crippen molar-refractivity contribution in [1.29, 1.82) is 10.5 Å². The van der Waals surface area contributed by atoms with Crippen LogP contribution in [-0.2, 0) is 6.54 Å². The van der Waals surface area contributed by atoms with E-state index >= 15 is 0 Å². The van der Waals surface area contributed by atoms with Gasteiger partial charge >= 0.3 is 0 Å². The number of Topliss-reactive ketones (excluding diaryl/α,β-unsaturated/α-hetero) is 1. The van der Waals surface area contributed by atoms with Gasteiger partial charge in [0.25, 0.3) is 0 Å². The van der Waals surface area contributed by atoms with E-state index in [4.69, 9.17) is 15.3 Å². The Morgan fingerprint density at radius 3 is 2.75 bits per heavy atom. The van der Waals surface area contributed by atoms with Crippen LogP contribution in [0.3, 0.4) is 0 Å². The number of para-hydroxylation sites is 1. The van der Waals surface area contributed by atoms with Gasteiger partial charge < -0.3 is 9.30 Å². The minimum absolute atomic E-state index is 0.0142. The first-order chi connectivity index (χ1) is 9.71. The normalized spacial score (nSPS) is 9.55. The van der Waals surface area contributed by atoms with Crippen molar-refractivity contribution in [2.24, 2.45) is 0 Å². The van der Waals surface area contributed by atoms with Crippen molar-refractivity contribution in [2.45, 2.75) is 6.54 Å². The minimum atomic E-state index is -0.221. The molecule has 0 aliphatic heterocycles. The molecule has 1 aromatic carbocycles. The Hall–Kier alpha value is -3.12. The predicted molar refractivity (Wildman–Crippen MR) is 69.0 cm³/mol. The average Bonchev–Trinajstić information content (AvgIpc) is 2.88. The molecule has 0 N–H and O–H groups in total. The van der Waals surface area contributed by atoms with Gasteiger partial charge in [0.15, 0.2) is 17.2 Å². The molecule has 1 heterocycles. The largest absolute Gasteiger partial charge is 0.496 e. The molecule has 0 aliphatic rings. The summed E-state index contributed by atoms with van der Waals surface area (Å²) in [5, 5.41) is 17.8. The van der Waals surface area contributed by atoms with Crippen molar-refractivity contribution in [1.82, 2.24) is 9.55 Å². The number of nitriles is 2. The van der Waals surface area contributed by atoms with Gasteiger partial charge in [0, 0.05) is 0 Å². The molecule has 98 valence electrons. The third-order valence-corrected chi connectivity index (χ3v) is 2.77. The van der Waals surface area contributed by atoms with Crippen molar-refractivity contribution in [3.63, 3.8) is 0 Å². The lowest BCUT2D eigenvalue weighted by Gasteiger charge is -2.08. The van der Waals surface area contributed by atoms with Crippen molar-refractivity contribution in [2.75, 3.05) is 7.11 Å². The minimum Gasteiger partial charge on any atom is -0.496 e. The van der Waals surface area contributed by atoms with Crippen LogP contribution in [0.4, 0.5) is 0 Å². The number of methoxy groups -OCH3 is 1. The Labute approximate surface area is 115 Å². The number of benzene rings is 1. The van der Waals surface area contributed by atoms with Gasteiger partial charge in [-0.2, -0.15) is 10.5 Å². The average molecular weight is 266 g/mol. The van der Waals surface area contributed by atoms with Crippen LogP contribution >= 0.6 is 0 Å². The Kier molecular flexibility index (Phi) is 3.78. The van der Waals surface area contributed by atoms with E-state index in [-0.39, 0.29) is 23.7 Å². The molecule has 0 atom stereocenters. The number of nitrogens with zero attached hydrogens (tertiary/aromatic N) is 4. The fourth-order valence-electron chi connectivity index (χ4n) is 1.82. The van der Waals surface area contributed by atoms with E-state index in [9.17, 15) is 4.79 Å². The fourth-order valence-corrected chi connectivity index (χ4v) is 1.82. The lowest BCUT2D eigenvalue weighted by atomic mass is 10.1. The Morgan fingerprint density at radius 1 is 1.35 bits per heavy atom. The van der Waals surface area contributed by atoms with Crippen LogP contribution in [-0.4, -0.2) is 22.4 Å². The standard InChI is InChI=1S/C14H10N4O2/c1-20-14-5-3-2-4-10(14)13(19)8-18-9-17-11(6-15)12(18)7-16/h2-5,9H,8H2,1H3. The Morgan fingerprint density at radius 2 is 2.10 bits per heavy atom. The molecule has 6 nitrogen and oxygen atoms in total. The second-order valence-corrected chi connectivity index (χ2v) is 3.92. The van der Waals surface area contributed by atoms with Crippen molar-refractivity contribution in [3.05, 3.63) is 47.5 Å². The zero-order valence-electron chi connectivity index (χ0n) is 10.7. The quantitative estimate of drug-likeness (QED) is 0.782. The van der Waals surface area contributed by atoms with Gasteiger partial charge in [-0.15, -0.1) is 0 Å². The summed E-state index contributed by atoms with van der Waals surface area (Å²) in [5.74, 6) is 0.248. The molecule has 6 heteroatoms. The Bertz CT molecular complexity index is 734. The van der Waals surface area contributed by atoms with Crippen LogP contribution in [0.2, 0.25) is 0 Å². The van der Waals surface area contributed by atoms with E-state index < -0.39 is 0 Å². The lowest BCUT2D eigenvalue weighted by molar-refractivity contribution is 0.0969. The molecule has 0 saturated heterocycles. The van der Waals surface area contributed by atoms with E-state index in [0.29, 0.717) is 11.3 Å². The van der Waals surface area contributed by atoms with Gasteiger partial charge in [-0.1, -0.05) is 12.1 Å². The molecule has 20 heavy (non-hydrogen) atoms. The zero-order chi connectivity index (χ0) is 14.5. The van der Waals surface area contributed by atoms with E-state index in [1.807, 2.05) is 12.1 Å². The van der Waals surface area contributed by atoms with Crippen LogP contribution in [0.5, 0.6) is 5.75 Å². The van der Waals surface area contributed by atoms with Crippen LogP contribution in [0, 0.1) is 22.7 Å². The van der Waals surface area contributed by atoms with Gasteiger partial charge in [0.1, 0.15) is 17.9 Å². The Balaban J connectivity index is 2.32.